The summed E-state index contributed by atoms with van der Waals surface area (Å²) in [7, 11) is 0. The third kappa shape index (κ3) is 9.54. The zero-order valence-electron chi connectivity index (χ0n) is 22.2. The summed E-state index contributed by atoms with van der Waals surface area (Å²) in [5, 5.41) is 0. The molecule has 0 N–H and O–H groups in total. The lowest BCUT2D eigenvalue weighted by atomic mass is 9.68. The summed E-state index contributed by atoms with van der Waals surface area (Å²) in [5.74, 6) is 6.48. The second-order valence-corrected chi connectivity index (χ2v) is 12.4. The Hall–Kier alpha value is -0.260. The lowest BCUT2D eigenvalue weighted by Gasteiger charge is -2.38. The molecule has 0 amide bonds. The molecule has 0 atom stereocenters. The monoisotopic (exact) mass is 442 g/mol. The Morgan fingerprint density at radius 2 is 0.875 bits per heavy atom. The molecule has 0 heterocycles. The van der Waals surface area contributed by atoms with Crippen molar-refractivity contribution in [1.29, 1.82) is 0 Å². The molecule has 3 aliphatic rings. The summed E-state index contributed by atoms with van der Waals surface area (Å²) >= 11 is 0. The van der Waals surface area contributed by atoms with Gasteiger partial charge < -0.3 is 0 Å². The Morgan fingerprint density at radius 3 is 1.28 bits per heavy atom. The van der Waals surface area contributed by atoms with Crippen LogP contribution in [0.15, 0.2) is 12.2 Å². The topological polar surface area (TPSA) is 0 Å². The maximum Gasteiger partial charge on any atom is -0.0348 e. The van der Waals surface area contributed by atoms with E-state index in [1.807, 2.05) is 0 Å². The van der Waals surface area contributed by atoms with Crippen LogP contribution in [-0.2, 0) is 0 Å². The van der Waals surface area contributed by atoms with Crippen LogP contribution in [0.2, 0.25) is 0 Å². The molecule has 0 aromatic carbocycles. The second kappa shape index (κ2) is 15.6. The van der Waals surface area contributed by atoms with Crippen LogP contribution in [0.3, 0.4) is 0 Å². The van der Waals surface area contributed by atoms with E-state index in [9.17, 15) is 0 Å². The molecule has 0 saturated heterocycles. The molecule has 0 heteroatoms. The van der Waals surface area contributed by atoms with Crippen LogP contribution in [0.4, 0.5) is 0 Å². The normalized spacial score (nSPS) is 34.2. The van der Waals surface area contributed by atoms with Crippen molar-refractivity contribution >= 4 is 0 Å². The third-order valence-corrected chi connectivity index (χ3v) is 10.1. The van der Waals surface area contributed by atoms with Crippen molar-refractivity contribution in [3.63, 3.8) is 0 Å². The highest BCUT2D eigenvalue weighted by Crippen LogP contribution is 2.43. The minimum absolute atomic E-state index is 1.04. The molecule has 0 unspecified atom stereocenters. The van der Waals surface area contributed by atoms with Gasteiger partial charge in [-0.2, -0.15) is 0 Å². The van der Waals surface area contributed by atoms with Crippen molar-refractivity contribution in [2.24, 2.45) is 35.5 Å². The lowest BCUT2D eigenvalue weighted by Crippen LogP contribution is -2.26. The summed E-state index contributed by atoms with van der Waals surface area (Å²) in [6.45, 7) is 4.50. The van der Waals surface area contributed by atoms with Gasteiger partial charge >= 0.3 is 0 Å². The molecule has 3 rings (SSSR count). The van der Waals surface area contributed by atoms with Gasteiger partial charge in [-0.25, -0.2) is 0 Å². The highest BCUT2D eigenvalue weighted by atomic mass is 14.4. The molecule has 0 aromatic heterocycles. The maximum absolute atomic E-state index is 2.36. The second-order valence-electron chi connectivity index (χ2n) is 12.4. The quantitative estimate of drug-likeness (QED) is 0.196. The standard InChI is InChI=1S/C32H58/c1-3-5-7-11-27-15-17-28(18-16-27)13-9-10-14-30-21-25-32(26-22-30)31-23-19-29(20-24-31)12-8-6-4-2/h3,5,27-32H,4,6-26H2,1-2H3/b5-3+. The van der Waals surface area contributed by atoms with Crippen LogP contribution >= 0.6 is 0 Å². The van der Waals surface area contributed by atoms with Crippen LogP contribution in [0.5, 0.6) is 0 Å². The molecule has 32 heavy (non-hydrogen) atoms. The number of rotatable bonds is 13. The van der Waals surface area contributed by atoms with Crippen molar-refractivity contribution in [3.05, 3.63) is 12.2 Å². The van der Waals surface area contributed by atoms with Gasteiger partial charge in [-0.1, -0.05) is 122 Å². The van der Waals surface area contributed by atoms with E-state index in [4.69, 9.17) is 0 Å². The van der Waals surface area contributed by atoms with Gasteiger partial charge in [0.25, 0.3) is 0 Å². The summed E-state index contributed by atoms with van der Waals surface area (Å²) in [6, 6.07) is 0. The highest BCUT2D eigenvalue weighted by molar-refractivity contribution is 4.83. The van der Waals surface area contributed by atoms with Crippen LogP contribution in [-0.4, -0.2) is 0 Å². The predicted octanol–water partition coefficient (Wildman–Crippen LogP) is 10.9. The third-order valence-electron chi connectivity index (χ3n) is 10.1. The molecule has 0 aliphatic heterocycles. The Balaban J connectivity index is 1.18. The zero-order valence-corrected chi connectivity index (χ0v) is 22.2. The van der Waals surface area contributed by atoms with E-state index in [2.05, 4.69) is 26.0 Å². The van der Waals surface area contributed by atoms with E-state index in [1.54, 1.807) is 64.2 Å². The number of allylic oxidation sites excluding steroid dienone is 2. The summed E-state index contributed by atoms with van der Waals surface area (Å²) in [5.41, 5.74) is 0. The number of hydrogen-bond donors (Lipinski definition) is 0. The van der Waals surface area contributed by atoms with Crippen molar-refractivity contribution in [2.75, 3.05) is 0 Å². The first-order valence-electron chi connectivity index (χ1n) is 15.4. The van der Waals surface area contributed by atoms with Gasteiger partial charge in [0, 0.05) is 0 Å². The van der Waals surface area contributed by atoms with Crippen molar-refractivity contribution in [3.8, 4) is 0 Å². The van der Waals surface area contributed by atoms with E-state index in [-0.39, 0.29) is 0 Å². The predicted molar refractivity (Wildman–Crippen MR) is 143 cm³/mol. The molecule has 0 nitrogen and oxygen atoms in total. The minimum atomic E-state index is 1.04. The molecule has 0 radical (unpaired) electrons. The first-order chi connectivity index (χ1) is 15.8. The summed E-state index contributed by atoms with van der Waals surface area (Å²) in [6.07, 6.45) is 38.0. The Labute approximate surface area is 202 Å². The molecular weight excluding hydrogens is 384 g/mol. The van der Waals surface area contributed by atoms with E-state index in [1.165, 1.54) is 77.0 Å². The van der Waals surface area contributed by atoms with Crippen LogP contribution in [0, 0.1) is 35.5 Å². The van der Waals surface area contributed by atoms with E-state index in [0.29, 0.717) is 0 Å². The van der Waals surface area contributed by atoms with Gasteiger partial charge in [0.1, 0.15) is 0 Å². The highest BCUT2D eigenvalue weighted by Gasteiger charge is 2.30. The molecule has 3 aliphatic carbocycles. The van der Waals surface area contributed by atoms with Gasteiger partial charge in [-0.15, -0.1) is 0 Å². The summed E-state index contributed by atoms with van der Waals surface area (Å²) in [4.78, 5) is 0. The van der Waals surface area contributed by atoms with Crippen LogP contribution < -0.4 is 0 Å². The van der Waals surface area contributed by atoms with Crippen molar-refractivity contribution < 1.29 is 0 Å². The van der Waals surface area contributed by atoms with E-state index in [0.717, 1.165) is 35.5 Å². The molecular formula is C32H58. The van der Waals surface area contributed by atoms with Crippen molar-refractivity contribution in [1.82, 2.24) is 0 Å². The fourth-order valence-corrected chi connectivity index (χ4v) is 7.75. The first-order valence-corrected chi connectivity index (χ1v) is 15.4. The summed E-state index contributed by atoms with van der Waals surface area (Å²) < 4.78 is 0. The average molecular weight is 443 g/mol. The Bertz CT molecular complexity index is 466. The average Bonchev–Trinajstić information content (AvgIpc) is 2.84. The fraction of sp³-hybridized carbons (Fsp3) is 0.938. The molecule has 0 spiro atoms. The van der Waals surface area contributed by atoms with Gasteiger partial charge in [0.05, 0.1) is 0 Å². The molecule has 3 fully saturated rings. The van der Waals surface area contributed by atoms with Gasteiger partial charge in [0.2, 0.25) is 0 Å². The van der Waals surface area contributed by atoms with Crippen LogP contribution in [0.25, 0.3) is 0 Å². The zero-order chi connectivity index (χ0) is 22.4. The Kier molecular flexibility index (Phi) is 12.8. The molecule has 186 valence electrons. The Morgan fingerprint density at radius 1 is 0.500 bits per heavy atom. The number of unbranched alkanes of at least 4 members (excludes halogenated alkanes) is 3. The van der Waals surface area contributed by atoms with Gasteiger partial charge in [0.15, 0.2) is 0 Å². The number of hydrogen-bond acceptors (Lipinski definition) is 0. The van der Waals surface area contributed by atoms with E-state index < -0.39 is 0 Å². The first kappa shape index (κ1) is 26.3. The van der Waals surface area contributed by atoms with Crippen molar-refractivity contribution in [2.45, 2.75) is 155 Å². The van der Waals surface area contributed by atoms with Gasteiger partial charge in [-0.3, -0.25) is 0 Å². The molecule has 0 bridgehead atoms. The smallest absolute Gasteiger partial charge is 0.0348 e. The lowest BCUT2D eigenvalue weighted by molar-refractivity contribution is 0.139. The SMILES string of the molecule is C/C=C/CCC1CCC(CCCCC2CCC(C3CCC(CCCCC)CC3)CC2)CC1. The molecule has 3 saturated carbocycles. The molecule has 0 aromatic rings. The van der Waals surface area contributed by atoms with Crippen LogP contribution in [0.1, 0.15) is 155 Å². The largest absolute Gasteiger partial charge is 0.0917 e. The minimum Gasteiger partial charge on any atom is -0.0917 e. The fourth-order valence-electron chi connectivity index (χ4n) is 7.75. The van der Waals surface area contributed by atoms with E-state index >= 15 is 0 Å². The van der Waals surface area contributed by atoms with Gasteiger partial charge in [-0.05, 0) is 81.0 Å². The maximum atomic E-state index is 2.36.